The van der Waals surface area contributed by atoms with Crippen LogP contribution in [0.3, 0.4) is 0 Å². The largest absolute Gasteiger partial charge is 0.398 e. The summed E-state index contributed by atoms with van der Waals surface area (Å²) in [5, 5.41) is 0.0562. The highest BCUT2D eigenvalue weighted by Crippen LogP contribution is 2.36. The molecule has 0 aliphatic carbocycles. The molecule has 1 fully saturated rings. The molecule has 0 spiro atoms. The number of halogens is 2. The summed E-state index contributed by atoms with van der Waals surface area (Å²) in [5.74, 6) is -1.96. The van der Waals surface area contributed by atoms with Crippen molar-refractivity contribution in [1.82, 2.24) is 24.4 Å². The number of hydrogen-bond donors (Lipinski definition) is 1. The van der Waals surface area contributed by atoms with Crippen LogP contribution in [-0.4, -0.2) is 70.2 Å². The first-order chi connectivity index (χ1) is 20.2. The number of aromatic nitrogens is 4. The molecule has 0 unspecified atom stereocenters. The third-order valence-corrected chi connectivity index (χ3v) is 8.56. The first-order valence-electron chi connectivity index (χ1n) is 13.3. The van der Waals surface area contributed by atoms with Crippen LogP contribution in [-0.2, 0) is 14.6 Å². The van der Waals surface area contributed by atoms with E-state index in [4.69, 9.17) is 5.73 Å². The van der Waals surface area contributed by atoms with Gasteiger partial charge in [0.05, 0.1) is 27.2 Å². The number of nitrogen functional groups attached to an aromatic ring is 1. The zero-order valence-corrected chi connectivity index (χ0v) is 24.7. The maximum atomic E-state index is 15.9. The van der Waals surface area contributed by atoms with Gasteiger partial charge in [-0.2, -0.15) is 4.98 Å². The summed E-state index contributed by atoms with van der Waals surface area (Å²) in [6.07, 6.45) is 3.48. The van der Waals surface area contributed by atoms with Crippen LogP contribution in [0.1, 0.15) is 19.5 Å². The number of aryl methyl sites for hydroxylation is 1. The van der Waals surface area contributed by atoms with Crippen LogP contribution < -0.4 is 16.3 Å². The van der Waals surface area contributed by atoms with E-state index in [9.17, 15) is 18.0 Å². The summed E-state index contributed by atoms with van der Waals surface area (Å²) in [4.78, 5) is 42.4. The highest BCUT2D eigenvalue weighted by Gasteiger charge is 2.35. The van der Waals surface area contributed by atoms with Gasteiger partial charge in [-0.3, -0.25) is 9.78 Å². The number of fused-ring (bicyclic) bond motifs is 1. The van der Waals surface area contributed by atoms with E-state index >= 15 is 8.78 Å². The molecule has 11 nitrogen and oxygen atoms in total. The molecule has 1 aliphatic rings. The summed E-state index contributed by atoms with van der Waals surface area (Å²) in [7, 11) is -3.90. The normalized spacial score (nSPS) is 17.3. The van der Waals surface area contributed by atoms with Crippen molar-refractivity contribution in [2.24, 2.45) is 0 Å². The van der Waals surface area contributed by atoms with Gasteiger partial charge < -0.3 is 15.5 Å². The van der Waals surface area contributed by atoms with Gasteiger partial charge >= 0.3 is 5.69 Å². The van der Waals surface area contributed by atoms with Crippen LogP contribution in [0.15, 0.2) is 58.9 Å². The van der Waals surface area contributed by atoms with Crippen molar-refractivity contribution < 1.29 is 22.0 Å². The first-order valence-corrected chi connectivity index (χ1v) is 15.2. The smallest absolute Gasteiger partial charge is 0.355 e. The van der Waals surface area contributed by atoms with Gasteiger partial charge in [0.25, 0.3) is 0 Å². The number of amides is 1. The van der Waals surface area contributed by atoms with Gasteiger partial charge in [-0.25, -0.2) is 31.5 Å². The number of hydrogen-bond acceptors (Lipinski definition) is 9. The number of benzene rings is 1. The lowest BCUT2D eigenvalue weighted by molar-refractivity contribution is -0.127. The minimum Gasteiger partial charge on any atom is -0.398 e. The van der Waals surface area contributed by atoms with Gasteiger partial charge in [-0.1, -0.05) is 12.6 Å². The van der Waals surface area contributed by atoms with E-state index in [2.05, 4.69) is 21.5 Å². The molecule has 0 radical (unpaired) electrons. The number of sulfone groups is 1. The minimum atomic E-state index is -3.90. The number of anilines is 2. The predicted octanol–water partition coefficient (Wildman–Crippen LogP) is 3.03. The third-order valence-electron chi connectivity index (χ3n) is 7.43. The summed E-state index contributed by atoms with van der Waals surface area (Å²) >= 11 is 0. The van der Waals surface area contributed by atoms with Crippen molar-refractivity contribution in [3.63, 3.8) is 0 Å². The number of rotatable bonds is 5. The molecule has 4 heterocycles. The maximum absolute atomic E-state index is 15.9. The van der Waals surface area contributed by atoms with Crippen molar-refractivity contribution in [3.8, 4) is 16.9 Å². The number of piperazine rings is 1. The van der Waals surface area contributed by atoms with Crippen LogP contribution in [0, 0.1) is 18.6 Å². The molecule has 2 atom stereocenters. The van der Waals surface area contributed by atoms with E-state index in [-0.39, 0.29) is 75.5 Å². The second kappa shape index (κ2) is 10.8. The third kappa shape index (κ3) is 5.11. The summed E-state index contributed by atoms with van der Waals surface area (Å²) in [5.41, 5.74) is 4.09. The molecular formula is C29H29F2N7O4S. The Morgan fingerprint density at radius 2 is 1.79 bits per heavy atom. The Labute approximate surface area is 246 Å². The summed E-state index contributed by atoms with van der Waals surface area (Å²) < 4.78 is 57.5. The highest BCUT2D eigenvalue weighted by molar-refractivity contribution is 7.90. The van der Waals surface area contributed by atoms with Crippen LogP contribution in [0.2, 0.25) is 0 Å². The van der Waals surface area contributed by atoms with Crippen molar-refractivity contribution >= 4 is 38.3 Å². The summed E-state index contributed by atoms with van der Waals surface area (Å²) in [6.45, 7) is 9.23. The minimum absolute atomic E-state index is 0.0562. The second-order valence-electron chi connectivity index (χ2n) is 10.5. The van der Waals surface area contributed by atoms with Gasteiger partial charge in [0, 0.05) is 43.3 Å². The van der Waals surface area contributed by atoms with Gasteiger partial charge in [-0.05, 0) is 51.1 Å². The Balaban J connectivity index is 1.89. The first kappa shape index (κ1) is 29.8. The van der Waals surface area contributed by atoms with Crippen LogP contribution in [0.5, 0.6) is 0 Å². The van der Waals surface area contributed by atoms with E-state index in [0.717, 1.165) is 23.0 Å². The lowest BCUT2D eigenvalue weighted by atomic mass is 10.0. The van der Waals surface area contributed by atoms with Crippen molar-refractivity contribution in [2.75, 3.05) is 30.0 Å². The van der Waals surface area contributed by atoms with E-state index in [0.29, 0.717) is 0 Å². The van der Waals surface area contributed by atoms with E-state index in [1.807, 2.05) is 13.8 Å². The van der Waals surface area contributed by atoms with Gasteiger partial charge in [0.2, 0.25) is 5.91 Å². The number of pyridine rings is 2. The SMILES string of the molecule is C=CC(=O)N1C[C@H](C)N(c2nc(=O)n(-c3c(S(C)(=O)=O)ccnc3C)c3nc(-c4c(N)cccc4F)c(F)cc23)[C@@H](C)C1. The molecule has 4 aromatic rings. The molecule has 0 bridgehead atoms. The molecule has 1 saturated heterocycles. The molecule has 43 heavy (non-hydrogen) atoms. The van der Waals surface area contributed by atoms with Crippen LogP contribution in [0.4, 0.5) is 20.3 Å². The van der Waals surface area contributed by atoms with E-state index in [1.54, 1.807) is 9.80 Å². The van der Waals surface area contributed by atoms with E-state index < -0.39 is 32.9 Å². The molecule has 2 N–H and O–H groups in total. The van der Waals surface area contributed by atoms with Gasteiger partial charge in [-0.15, -0.1) is 0 Å². The average Bonchev–Trinajstić information content (AvgIpc) is 2.92. The second-order valence-corrected chi connectivity index (χ2v) is 12.5. The molecule has 0 saturated carbocycles. The van der Waals surface area contributed by atoms with E-state index in [1.165, 1.54) is 37.4 Å². The molecule has 1 amide bonds. The molecule has 14 heteroatoms. The number of nitrogens with zero attached hydrogens (tertiary/aromatic N) is 6. The monoisotopic (exact) mass is 609 g/mol. The predicted molar refractivity (Wildman–Crippen MR) is 159 cm³/mol. The van der Waals surface area contributed by atoms with Crippen molar-refractivity contribution in [3.05, 3.63) is 77.0 Å². The fourth-order valence-corrected chi connectivity index (χ4v) is 6.52. The lowest BCUT2D eigenvalue weighted by Crippen LogP contribution is -2.58. The highest BCUT2D eigenvalue weighted by atomic mass is 32.2. The standard InChI is InChI=1S/C29H29F2N7O4S/c1-6-23(39)36-13-15(2)37(16(3)14-36)28-18-12-20(31)25(24-19(30)8-7-9-21(24)32)34-27(18)38(29(40)35-28)26-17(4)33-11-10-22(26)43(5,41)42/h6-12,15-16H,1,13-14,32H2,2-5H3/t15-,16-/m0/s1. The van der Waals surface area contributed by atoms with Gasteiger partial charge in [0.1, 0.15) is 17.3 Å². The molecule has 1 aliphatic heterocycles. The molecule has 224 valence electrons. The Kier molecular flexibility index (Phi) is 7.50. The van der Waals surface area contributed by atoms with Crippen molar-refractivity contribution in [2.45, 2.75) is 37.8 Å². The number of carbonyl (C=O) groups is 1. The zero-order valence-electron chi connectivity index (χ0n) is 23.9. The number of nitrogens with two attached hydrogens (primary N) is 1. The topological polar surface area (TPSA) is 144 Å². The average molecular weight is 610 g/mol. The Morgan fingerprint density at radius 1 is 1.12 bits per heavy atom. The van der Waals surface area contributed by atoms with Gasteiger partial charge in [0.15, 0.2) is 21.3 Å². The molecule has 1 aromatic carbocycles. The van der Waals surface area contributed by atoms with Crippen LogP contribution in [0.25, 0.3) is 28.0 Å². The Bertz CT molecular complexity index is 1950. The zero-order chi connectivity index (χ0) is 31.4. The Hall–Kier alpha value is -4.72. The molecule has 3 aromatic heterocycles. The maximum Gasteiger partial charge on any atom is 0.355 e. The van der Waals surface area contributed by atoms with Crippen molar-refractivity contribution in [1.29, 1.82) is 0 Å². The van der Waals surface area contributed by atoms with Crippen LogP contribution >= 0.6 is 0 Å². The molecule has 5 rings (SSSR count). The fourth-order valence-electron chi connectivity index (χ4n) is 5.63. The quantitative estimate of drug-likeness (QED) is 0.267. The molecular weight excluding hydrogens is 580 g/mol. The fraction of sp³-hybridized carbons (Fsp3) is 0.276. The Morgan fingerprint density at radius 3 is 2.40 bits per heavy atom. The summed E-state index contributed by atoms with van der Waals surface area (Å²) in [6, 6.07) is 5.41. The number of carbonyl (C=O) groups excluding carboxylic acids is 1. The lowest BCUT2D eigenvalue weighted by Gasteiger charge is -2.45.